The molecule has 1 spiro atoms. The molecule has 1 saturated heterocycles. The smallest absolute Gasteiger partial charge is 0.256 e. The highest BCUT2D eigenvalue weighted by Crippen LogP contribution is 2.48. The van der Waals surface area contributed by atoms with Gasteiger partial charge in [0.1, 0.15) is 16.9 Å². The van der Waals surface area contributed by atoms with E-state index in [9.17, 15) is 23.6 Å². The summed E-state index contributed by atoms with van der Waals surface area (Å²) < 4.78 is 27.3. The van der Waals surface area contributed by atoms with Gasteiger partial charge in [0.2, 0.25) is 0 Å². The van der Waals surface area contributed by atoms with Crippen LogP contribution in [-0.4, -0.2) is 29.7 Å². The summed E-state index contributed by atoms with van der Waals surface area (Å²) in [5, 5.41) is 8.46. The van der Waals surface area contributed by atoms with Gasteiger partial charge in [-0.25, -0.2) is 8.78 Å². The third-order valence-corrected chi connectivity index (χ3v) is 5.14. The van der Waals surface area contributed by atoms with Gasteiger partial charge >= 0.3 is 0 Å². The number of nitriles is 1. The minimum absolute atomic E-state index is 0.0966. The van der Waals surface area contributed by atoms with Crippen LogP contribution in [0.4, 0.5) is 8.78 Å². The number of carbonyl (C=O) groups excluding carboxylic acids is 2. The van der Waals surface area contributed by atoms with Gasteiger partial charge in [-0.05, 0) is 18.6 Å². The molecule has 0 saturated carbocycles. The summed E-state index contributed by atoms with van der Waals surface area (Å²) in [4.78, 5) is 26.1. The van der Waals surface area contributed by atoms with Gasteiger partial charge in [-0.1, -0.05) is 31.5 Å². The lowest BCUT2D eigenvalue weighted by Crippen LogP contribution is -2.61. The SMILES string of the molecule is CC1(C)CC2(C=C(C#N)C1=O)CN(C(=O)c1ccc(F)c(Cl)c1F)C2. The Morgan fingerprint density at radius 3 is 2.56 bits per heavy atom. The molecule has 1 aliphatic carbocycles. The second-order valence-corrected chi connectivity index (χ2v) is 7.68. The summed E-state index contributed by atoms with van der Waals surface area (Å²) in [5.41, 5.74) is -1.37. The summed E-state index contributed by atoms with van der Waals surface area (Å²) in [5.74, 6) is -2.81. The molecule has 2 aliphatic rings. The van der Waals surface area contributed by atoms with E-state index in [0.717, 1.165) is 12.1 Å². The number of nitrogens with zero attached hydrogens (tertiary/aromatic N) is 2. The van der Waals surface area contributed by atoms with Crippen molar-refractivity contribution in [2.24, 2.45) is 10.8 Å². The van der Waals surface area contributed by atoms with Crippen LogP contribution in [0.25, 0.3) is 0 Å². The summed E-state index contributed by atoms with van der Waals surface area (Å²) in [6.45, 7) is 4.07. The molecule has 25 heavy (non-hydrogen) atoms. The van der Waals surface area contributed by atoms with Gasteiger partial charge < -0.3 is 4.90 Å². The molecule has 1 heterocycles. The lowest BCUT2D eigenvalue weighted by molar-refractivity contribution is -0.127. The monoisotopic (exact) mass is 364 g/mol. The number of hydrogen-bond donors (Lipinski definition) is 0. The largest absolute Gasteiger partial charge is 0.337 e. The molecule has 0 radical (unpaired) electrons. The molecule has 1 fully saturated rings. The minimum atomic E-state index is -1.08. The number of benzene rings is 1. The third-order valence-electron chi connectivity index (χ3n) is 4.79. The van der Waals surface area contributed by atoms with Gasteiger partial charge in [0.15, 0.2) is 11.6 Å². The number of Topliss-reactive ketones (excluding diaryl/α,β-unsaturated/α-hetero) is 1. The molecule has 0 atom stereocenters. The van der Waals surface area contributed by atoms with Gasteiger partial charge in [0, 0.05) is 23.9 Å². The van der Waals surface area contributed by atoms with Crippen molar-refractivity contribution < 1.29 is 18.4 Å². The van der Waals surface area contributed by atoms with E-state index in [-0.39, 0.29) is 30.0 Å². The fourth-order valence-corrected chi connectivity index (χ4v) is 3.92. The van der Waals surface area contributed by atoms with E-state index in [0.29, 0.717) is 6.42 Å². The molecule has 0 unspecified atom stereocenters. The normalized spacial score (nSPS) is 20.7. The van der Waals surface area contributed by atoms with Gasteiger partial charge in [-0.3, -0.25) is 9.59 Å². The van der Waals surface area contributed by atoms with Crippen LogP contribution >= 0.6 is 11.6 Å². The maximum atomic E-state index is 14.0. The van der Waals surface area contributed by atoms with Crippen molar-refractivity contribution in [3.8, 4) is 6.07 Å². The lowest BCUT2D eigenvalue weighted by Gasteiger charge is -2.53. The average Bonchev–Trinajstić information content (AvgIpc) is 2.52. The molecule has 7 heteroatoms. The highest BCUT2D eigenvalue weighted by molar-refractivity contribution is 6.31. The Morgan fingerprint density at radius 1 is 1.32 bits per heavy atom. The van der Waals surface area contributed by atoms with E-state index >= 15 is 0 Å². The molecule has 1 aromatic carbocycles. The van der Waals surface area contributed by atoms with Gasteiger partial charge in [0.05, 0.1) is 11.1 Å². The Kier molecular flexibility index (Phi) is 3.96. The zero-order valence-electron chi connectivity index (χ0n) is 13.7. The summed E-state index contributed by atoms with van der Waals surface area (Å²) in [7, 11) is 0. The van der Waals surface area contributed by atoms with Gasteiger partial charge in [-0.15, -0.1) is 0 Å². The first-order valence-corrected chi connectivity index (χ1v) is 8.09. The number of ketones is 1. The molecular formula is C18H15ClF2N2O2. The molecule has 3 rings (SSSR count). The van der Waals surface area contributed by atoms with Gasteiger partial charge in [0.25, 0.3) is 5.91 Å². The average molecular weight is 365 g/mol. The van der Waals surface area contributed by atoms with E-state index < -0.39 is 33.4 Å². The topological polar surface area (TPSA) is 61.2 Å². The number of rotatable bonds is 1. The fourth-order valence-electron chi connectivity index (χ4n) is 3.75. The van der Waals surface area contributed by atoms with Crippen molar-refractivity contribution in [1.82, 2.24) is 4.90 Å². The number of amides is 1. The van der Waals surface area contributed by atoms with E-state index in [1.54, 1.807) is 19.9 Å². The second-order valence-electron chi connectivity index (χ2n) is 7.31. The molecule has 130 valence electrons. The quantitative estimate of drug-likeness (QED) is 0.716. The van der Waals surface area contributed by atoms with Crippen molar-refractivity contribution in [3.63, 3.8) is 0 Å². The van der Waals surface area contributed by atoms with Gasteiger partial charge in [-0.2, -0.15) is 5.26 Å². The van der Waals surface area contributed by atoms with Crippen LogP contribution in [0.3, 0.4) is 0 Å². The molecule has 0 N–H and O–H groups in total. The highest BCUT2D eigenvalue weighted by atomic mass is 35.5. The number of likely N-dealkylation sites (tertiary alicyclic amines) is 1. The van der Waals surface area contributed by atoms with Crippen molar-refractivity contribution >= 4 is 23.3 Å². The number of carbonyl (C=O) groups is 2. The Balaban J connectivity index is 1.84. The maximum Gasteiger partial charge on any atom is 0.256 e. The number of allylic oxidation sites excluding steroid dienone is 1. The Morgan fingerprint density at radius 2 is 1.96 bits per heavy atom. The molecule has 1 aromatic rings. The van der Waals surface area contributed by atoms with E-state index in [1.807, 2.05) is 6.07 Å². The summed E-state index contributed by atoms with van der Waals surface area (Å²) in [6.07, 6.45) is 2.12. The maximum absolute atomic E-state index is 14.0. The van der Waals surface area contributed by atoms with Crippen LogP contribution in [0.15, 0.2) is 23.8 Å². The molecule has 1 aliphatic heterocycles. The molecule has 1 amide bonds. The standard InChI is InChI=1S/C18H15ClF2N2O2/c1-17(2)7-18(5-10(6-22)15(17)24)8-23(9-18)16(25)11-3-4-12(20)13(19)14(11)21/h3-5H,7-9H2,1-2H3. The van der Waals surface area contributed by atoms with E-state index in [1.165, 1.54) is 4.90 Å². The highest BCUT2D eigenvalue weighted by Gasteiger charge is 2.52. The predicted octanol–water partition coefficient (Wildman–Crippen LogP) is 3.51. The Hall–Kier alpha value is -2.26. The first kappa shape index (κ1) is 17.6. The molecule has 0 bridgehead atoms. The van der Waals surface area contributed by atoms with Crippen LogP contribution in [-0.2, 0) is 4.79 Å². The number of halogens is 3. The fraction of sp³-hybridized carbons (Fsp3) is 0.389. The van der Waals surface area contributed by atoms with Crippen molar-refractivity contribution in [3.05, 3.63) is 46.0 Å². The molecular weight excluding hydrogens is 350 g/mol. The zero-order chi connectivity index (χ0) is 18.6. The van der Waals surface area contributed by atoms with Crippen LogP contribution < -0.4 is 0 Å². The van der Waals surface area contributed by atoms with Crippen molar-refractivity contribution in [2.45, 2.75) is 20.3 Å². The third kappa shape index (κ3) is 2.73. The summed E-state index contributed by atoms with van der Waals surface area (Å²) >= 11 is 5.52. The predicted molar refractivity (Wildman–Crippen MR) is 86.8 cm³/mol. The molecule has 0 aromatic heterocycles. The van der Waals surface area contributed by atoms with Crippen LogP contribution in [0, 0.1) is 33.8 Å². The minimum Gasteiger partial charge on any atom is -0.337 e. The lowest BCUT2D eigenvalue weighted by atomic mass is 9.61. The van der Waals surface area contributed by atoms with Crippen LogP contribution in [0.5, 0.6) is 0 Å². The first-order valence-electron chi connectivity index (χ1n) is 7.71. The number of hydrogen-bond acceptors (Lipinski definition) is 3. The van der Waals surface area contributed by atoms with Crippen LogP contribution in [0.1, 0.15) is 30.6 Å². The summed E-state index contributed by atoms with van der Waals surface area (Å²) in [6, 6.07) is 3.93. The Labute approximate surface area is 148 Å². The van der Waals surface area contributed by atoms with Crippen molar-refractivity contribution in [2.75, 3.05) is 13.1 Å². The first-order chi connectivity index (χ1) is 11.6. The Bertz CT molecular complexity index is 865. The van der Waals surface area contributed by atoms with Crippen LogP contribution in [0.2, 0.25) is 5.02 Å². The zero-order valence-corrected chi connectivity index (χ0v) is 14.5. The van der Waals surface area contributed by atoms with E-state index in [2.05, 4.69) is 0 Å². The molecule has 4 nitrogen and oxygen atoms in total. The van der Waals surface area contributed by atoms with E-state index in [4.69, 9.17) is 11.6 Å². The second kappa shape index (κ2) is 5.63. The van der Waals surface area contributed by atoms with Crippen molar-refractivity contribution in [1.29, 1.82) is 5.26 Å².